The second-order valence-corrected chi connectivity index (χ2v) is 7.31. The van der Waals surface area contributed by atoms with E-state index in [-0.39, 0.29) is 12.3 Å². The second-order valence-electron chi connectivity index (χ2n) is 3.42. The lowest BCUT2D eigenvalue weighted by Gasteiger charge is -2.04. The molecule has 0 aliphatic heterocycles. The van der Waals surface area contributed by atoms with E-state index >= 15 is 0 Å². The summed E-state index contributed by atoms with van der Waals surface area (Å²) < 4.78 is 7.49. The van der Waals surface area contributed by atoms with E-state index in [0.29, 0.717) is 18.8 Å². The molecule has 0 aliphatic rings. The van der Waals surface area contributed by atoms with Gasteiger partial charge in [-0.2, -0.15) is 0 Å². The maximum absolute atomic E-state index is 11.8. The van der Waals surface area contributed by atoms with Crippen LogP contribution in [0.2, 0.25) is 8.67 Å². The summed E-state index contributed by atoms with van der Waals surface area (Å²) in [6, 6.07) is 4.98. The number of carbonyl (C=O) groups is 1. The van der Waals surface area contributed by atoms with Crippen molar-refractivity contribution in [2.45, 2.75) is 6.42 Å². The van der Waals surface area contributed by atoms with E-state index < -0.39 is 5.97 Å². The first-order valence-electron chi connectivity index (χ1n) is 4.92. The van der Waals surface area contributed by atoms with Crippen LogP contribution in [0.3, 0.4) is 0 Å². The Balaban J connectivity index is 2.05. The van der Waals surface area contributed by atoms with Crippen molar-refractivity contribution in [1.82, 2.24) is 4.98 Å². The molecule has 2 aromatic rings. The van der Waals surface area contributed by atoms with Crippen LogP contribution in [-0.2, 0) is 11.2 Å². The maximum atomic E-state index is 11.8. The zero-order chi connectivity index (χ0) is 14.0. The Kier molecular flexibility index (Phi) is 5.25. The van der Waals surface area contributed by atoms with Crippen molar-refractivity contribution in [3.63, 3.8) is 0 Å². The Labute approximate surface area is 140 Å². The van der Waals surface area contributed by atoms with Crippen LogP contribution in [0, 0.1) is 0 Å². The molecule has 100 valence electrons. The summed E-state index contributed by atoms with van der Waals surface area (Å²) in [5, 5.41) is 0. The van der Waals surface area contributed by atoms with Gasteiger partial charge in [0, 0.05) is 6.07 Å². The number of ether oxygens (including phenoxy) is 1. The average molecular weight is 446 g/mol. The molecule has 2 heterocycles. The van der Waals surface area contributed by atoms with Crippen LogP contribution in [0.15, 0.2) is 27.3 Å². The number of nitrogens with zero attached hydrogens (tertiary/aromatic N) is 1. The predicted molar refractivity (Wildman–Crippen MR) is 83.3 cm³/mol. The summed E-state index contributed by atoms with van der Waals surface area (Å²) in [5.41, 5.74) is 0.651. The SMILES string of the molecule is O=C(Cc1cc(Cl)sc1Cl)Oc1ccc(Br)c(Br)n1. The van der Waals surface area contributed by atoms with Crippen LogP contribution in [0.5, 0.6) is 5.88 Å². The van der Waals surface area contributed by atoms with Gasteiger partial charge in [0.15, 0.2) is 0 Å². The third-order valence-corrected chi connectivity index (χ3v) is 5.40. The second kappa shape index (κ2) is 6.54. The van der Waals surface area contributed by atoms with Crippen LogP contribution >= 0.6 is 66.4 Å². The summed E-state index contributed by atoms with van der Waals surface area (Å²) in [5.74, 6) is -0.226. The lowest BCUT2D eigenvalue weighted by molar-refractivity contribution is -0.133. The minimum atomic E-state index is -0.446. The zero-order valence-corrected chi connectivity index (χ0v) is 14.6. The van der Waals surface area contributed by atoms with Gasteiger partial charge in [0.25, 0.3) is 0 Å². The van der Waals surface area contributed by atoms with Crippen molar-refractivity contribution in [3.05, 3.63) is 41.5 Å². The molecule has 3 nitrogen and oxygen atoms in total. The summed E-state index contributed by atoms with van der Waals surface area (Å²) in [6.07, 6.45) is 0.0530. The standard InChI is InChI=1S/C11H5Br2Cl2NO2S/c12-6-1-2-8(16-10(6)13)18-9(17)4-5-3-7(14)19-11(5)15/h1-3H,4H2. The highest BCUT2D eigenvalue weighted by atomic mass is 79.9. The maximum Gasteiger partial charge on any atom is 0.317 e. The van der Waals surface area contributed by atoms with Gasteiger partial charge in [-0.15, -0.1) is 11.3 Å². The molecule has 2 aromatic heterocycles. The highest BCUT2D eigenvalue weighted by molar-refractivity contribution is 9.13. The van der Waals surface area contributed by atoms with Gasteiger partial charge in [0.05, 0.1) is 19.6 Å². The Hall–Kier alpha value is -0.140. The van der Waals surface area contributed by atoms with Gasteiger partial charge in [-0.05, 0) is 49.6 Å². The van der Waals surface area contributed by atoms with E-state index in [1.165, 1.54) is 11.3 Å². The van der Waals surface area contributed by atoms with Gasteiger partial charge in [0.1, 0.15) is 4.60 Å². The van der Waals surface area contributed by atoms with Crippen molar-refractivity contribution in [1.29, 1.82) is 0 Å². The van der Waals surface area contributed by atoms with E-state index in [9.17, 15) is 4.79 Å². The highest BCUT2D eigenvalue weighted by Gasteiger charge is 2.13. The lowest BCUT2D eigenvalue weighted by Crippen LogP contribution is -2.11. The Morgan fingerprint density at radius 2 is 2.11 bits per heavy atom. The lowest BCUT2D eigenvalue weighted by atomic mass is 10.2. The molecule has 0 unspecified atom stereocenters. The number of hydrogen-bond donors (Lipinski definition) is 0. The third-order valence-electron chi connectivity index (χ3n) is 2.06. The molecule has 0 saturated heterocycles. The zero-order valence-electron chi connectivity index (χ0n) is 9.12. The molecule has 0 N–H and O–H groups in total. The topological polar surface area (TPSA) is 39.2 Å². The fourth-order valence-corrected chi connectivity index (χ4v) is 3.28. The molecule has 0 saturated carbocycles. The van der Waals surface area contributed by atoms with Gasteiger partial charge in [0.2, 0.25) is 5.88 Å². The van der Waals surface area contributed by atoms with Crippen molar-refractivity contribution in [3.8, 4) is 5.88 Å². The normalized spacial score (nSPS) is 10.5. The van der Waals surface area contributed by atoms with E-state index in [2.05, 4.69) is 36.8 Å². The summed E-state index contributed by atoms with van der Waals surface area (Å²) in [4.78, 5) is 15.8. The Bertz CT molecular complexity index is 633. The van der Waals surface area contributed by atoms with Gasteiger partial charge >= 0.3 is 5.97 Å². The third kappa shape index (κ3) is 4.16. The molecular formula is C11H5Br2Cl2NO2S. The van der Waals surface area contributed by atoms with E-state index in [1.54, 1.807) is 18.2 Å². The number of hydrogen-bond acceptors (Lipinski definition) is 4. The molecule has 0 radical (unpaired) electrons. The van der Waals surface area contributed by atoms with Gasteiger partial charge in [-0.1, -0.05) is 23.2 Å². The van der Waals surface area contributed by atoms with E-state index in [1.807, 2.05) is 0 Å². The first kappa shape index (κ1) is 15.3. The molecule has 8 heteroatoms. The summed E-state index contributed by atoms with van der Waals surface area (Å²) in [6.45, 7) is 0. The number of pyridine rings is 1. The van der Waals surface area contributed by atoms with E-state index in [4.69, 9.17) is 27.9 Å². The molecule has 2 rings (SSSR count). The number of carbonyl (C=O) groups excluding carboxylic acids is 1. The molecule has 0 atom stereocenters. The molecular weight excluding hydrogens is 441 g/mol. The van der Waals surface area contributed by atoms with Gasteiger partial charge in [-0.3, -0.25) is 4.79 Å². The van der Waals surface area contributed by atoms with Crippen LogP contribution in [0.4, 0.5) is 0 Å². The smallest absolute Gasteiger partial charge is 0.317 e. The number of rotatable bonds is 3. The van der Waals surface area contributed by atoms with Crippen LogP contribution in [-0.4, -0.2) is 11.0 Å². The highest BCUT2D eigenvalue weighted by Crippen LogP contribution is 2.31. The van der Waals surface area contributed by atoms with Gasteiger partial charge in [-0.25, -0.2) is 4.98 Å². The summed E-state index contributed by atoms with van der Waals surface area (Å²) in [7, 11) is 0. The molecule has 0 amide bonds. The monoisotopic (exact) mass is 443 g/mol. The van der Waals surface area contributed by atoms with Crippen LogP contribution < -0.4 is 4.74 Å². The molecule has 0 fully saturated rings. The minimum Gasteiger partial charge on any atom is -0.407 e. The van der Waals surface area contributed by atoms with Crippen molar-refractivity contribution in [2.75, 3.05) is 0 Å². The van der Waals surface area contributed by atoms with Crippen LogP contribution in [0.25, 0.3) is 0 Å². The number of thiophene rings is 1. The number of halogens is 4. The summed E-state index contributed by atoms with van der Waals surface area (Å²) >= 11 is 19.5. The van der Waals surface area contributed by atoms with Crippen molar-refractivity contribution >= 4 is 72.4 Å². The number of esters is 1. The molecule has 0 bridgehead atoms. The van der Waals surface area contributed by atoms with Crippen molar-refractivity contribution < 1.29 is 9.53 Å². The quantitative estimate of drug-likeness (QED) is 0.486. The first-order valence-corrected chi connectivity index (χ1v) is 8.08. The Morgan fingerprint density at radius 1 is 1.37 bits per heavy atom. The molecule has 19 heavy (non-hydrogen) atoms. The van der Waals surface area contributed by atoms with Crippen LogP contribution in [0.1, 0.15) is 5.56 Å². The number of aromatic nitrogens is 1. The fourth-order valence-electron chi connectivity index (χ4n) is 1.26. The minimum absolute atomic E-state index is 0.0530. The van der Waals surface area contributed by atoms with Gasteiger partial charge < -0.3 is 4.74 Å². The molecule has 0 spiro atoms. The average Bonchev–Trinajstić information content (AvgIpc) is 2.62. The molecule has 0 aliphatic carbocycles. The first-order chi connectivity index (χ1) is 8.95. The fraction of sp³-hybridized carbons (Fsp3) is 0.0909. The molecule has 0 aromatic carbocycles. The predicted octanol–water partition coefficient (Wildman–Crippen LogP) is 5.12. The Morgan fingerprint density at radius 3 is 2.68 bits per heavy atom. The largest absolute Gasteiger partial charge is 0.407 e. The van der Waals surface area contributed by atoms with E-state index in [0.717, 1.165) is 4.47 Å². The van der Waals surface area contributed by atoms with Crippen molar-refractivity contribution in [2.24, 2.45) is 0 Å².